The maximum absolute atomic E-state index is 13.3. The quantitative estimate of drug-likeness (QED) is 0.549. The molecule has 1 fully saturated rings. The predicted molar refractivity (Wildman–Crippen MR) is 113 cm³/mol. The average molecular weight is 464 g/mol. The van der Waals surface area contributed by atoms with Gasteiger partial charge in [-0.3, -0.25) is 4.79 Å². The summed E-state index contributed by atoms with van der Waals surface area (Å²) in [5.74, 6) is -0.398. The van der Waals surface area contributed by atoms with Gasteiger partial charge in [-0.2, -0.15) is 4.98 Å². The summed E-state index contributed by atoms with van der Waals surface area (Å²) in [6.45, 7) is 3.12. The lowest BCUT2D eigenvalue weighted by atomic mass is 10.2. The van der Waals surface area contributed by atoms with Gasteiger partial charge in [0.2, 0.25) is 32.5 Å². The van der Waals surface area contributed by atoms with Gasteiger partial charge in [-0.05, 0) is 42.5 Å². The van der Waals surface area contributed by atoms with E-state index in [1.165, 1.54) is 19.1 Å². The van der Waals surface area contributed by atoms with Crippen LogP contribution in [-0.2, 0) is 14.6 Å². The number of nitrogens with zero attached hydrogens (tertiary/aromatic N) is 3. The molecule has 1 aromatic heterocycles. The van der Waals surface area contributed by atoms with Crippen molar-refractivity contribution >= 4 is 33.2 Å². The van der Waals surface area contributed by atoms with Crippen LogP contribution in [0.25, 0.3) is 11.5 Å². The Morgan fingerprint density at radius 1 is 1.10 bits per heavy atom. The Morgan fingerprint density at radius 2 is 1.77 bits per heavy atom. The molecule has 0 saturated carbocycles. The summed E-state index contributed by atoms with van der Waals surface area (Å²) >= 11 is 6.07. The van der Waals surface area contributed by atoms with Crippen molar-refractivity contribution < 1.29 is 22.0 Å². The van der Waals surface area contributed by atoms with Crippen LogP contribution in [0.2, 0.25) is 5.02 Å². The molecule has 31 heavy (non-hydrogen) atoms. The van der Waals surface area contributed by atoms with Crippen LogP contribution >= 0.6 is 11.6 Å². The topological polar surface area (TPSA) is 83.7 Å². The van der Waals surface area contributed by atoms with E-state index in [0.717, 1.165) is 12.1 Å². The second-order valence-corrected chi connectivity index (χ2v) is 9.39. The molecule has 0 N–H and O–H groups in total. The van der Waals surface area contributed by atoms with E-state index in [-0.39, 0.29) is 27.6 Å². The van der Waals surface area contributed by atoms with Crippen molar-refractivity contribution in [3.63, 3.8) is 0 Å². The minimum atomic E-state index is -4.09. The minimum Gasteiger partial charge on any atom is -0.419 e. The minimum absolute atomic E-state index is 0.0454. The molecule has 4 rings (SSSR count). The maximum Gasteiger partial charge on any atom is 0.236 e. The fourth-order valence-electron chi connectivity index (χ4n) is 3.37. The van der Waals surface area contributed by atoms with Gasteiger partial charge in [-0.1, -0.05) is 17.7 Å². The number of hydrogen-bond donors (Lipinski definition) is 0. The van der Waals surface area contributed by atoms with Crippen LogP contribution < -0.4 is 4.90 Å². The number of carbonyl (C=O) groups is 1. The lowest BCUT2D eigenvalue weighted by Crippen LogP contribution is -2.48. The molecule has 0 bridgehead atoms. The molecule has 2 heterocycles. The Balaban J connectivity index is 1.79. The van der Waals surface area contributed by atoms with Crippen molar-refractivity contribution in [1.82, 2.24) is 9.88 Å². The van der Waals surface area contributed by atoms with Crippen molar-refractivity contribution in [2.45, 2.75) is 16.8 Å². The second kappa shape index (κ2) is 8.32. The van der Waals surface area contributed by atoms with Gasteiger partial charge in [-0.15, -0.1) is 0 Å². The van der Waals surface area contributed by atoms with Crippen LogP contribution in [0, 0.1) is 5.82 Å². The van der Waals surface area contributed by atoms with Gasteiger partial charge in [0.25, 0.3) is 0 Å². The monoisotopic (exact) mass is 463 g/mol. The Kier molecular flexibility index (Phi) is 5.72. The fourth-order valence-corrected chi connectivity index (χ4v) is 4.88. The van der Waals surface area contributed by atoms with Gasteiger partial charge in [0.05, 0.1) is 4.90 Å². The molecule has 10 heteroatoms. The van der Waals surface area contributed by atoms with Gasteiger partial charge in [0, 0.05) is 43.7 Å². The number of amides is 1. The van der Waals surface area contributed by atoms with Crippen molar-refractivity contribution in [2.24, 2.45) is 0 Å². The summed E-state index contributed by atoms with van der Waals surface area (Å²) in [6, 6.07) is 11.3. The third kappa shape index (κ3) is 4.28. The number of aromatic nitrogens is 1. The molecule has 1 saturated heterocycles. The Bertz CT molecular complexity index is 1220. The molecule has 7 nitrogen and oxygen atoms in total. The number of anilines is 1. The number of rotatable bonds is 4. The Morgan fingerprint density at radius 3 is 2.39 bits per heavy atom. The molecule has 0 aliphatic carbocycles. The van der Waals surface area contributed by atoms with Gasteiger partial charge in [0.15, 0.2) is 0 Å². The number of hydrogen-bond acceptors (Lipinski definition) is 6. The van der Waals surface area contributed by atoms with Gasteiger partial charge >= 0.3 is 0 Å². The molecular formula is C21H19ClFN3O4S. The van der Waals surface area contributed by atoms with E-state index >= 15 is 0 Å². The number of benzene rings is 2. The molecule has 162 valence electrons. The number of carbonyl (C=O) groups excluding carboxylic acids is 1. The van der Waals surface area contributed by atoms with Crippen molar-refractivity contribution in [1.29, 1.82) is 0 Å². The summed E-state index contributed by atoms with van der Waals surface area (Å²) in [5, 5.41) is 0.195. The third-order valence-corrected chi connectivity index (χ3v) is 6.94. The Labute approximate surface area is 184 Å². The summed E-state index contributed by atoms with van der Waals surface area (Å²) in [5.41, 5.74) is 0.525. The number of sulfone groups is 1. The first-order valence-corrected chi connectivity index (χ1v) is 11.4. The first-order valence-electron chi connectivity index (χ1n) is 9.53. The summed E-state index contributed by atoms with van der Waals surface area (Å²) in [7, 11) is -4.09. The normalized spacial score (nSPS) is 14.7. The van der Waals surface area contributed by atoms with Crippen LogP contribution in [0.1, 0.15) is 6.92 Å². The number of piperazine rings is 1. The molecule has 1 amide bonds. The zero-order chi connectivity index (χ0) is 22.2. The van der Waals surface area contributed by atoms with Crippen LogP contribution in [0.4, 0.5) is 10.3 Å². The van der Waals surface area contributed by atoms with E-state index in [0.29, 0.717) is 36.8 Å². The predicted octanol–water partition coefficient (Wildman–Crippen LogP) is 3.64. The van der Waals surface area contributed by atoms with E-state index in [1.54, 1.807) is 34.1 Å². The maximum atomic E-state index is 13.3. The van der Waals surface area contributed by atoms with Gasteiger partial charge < -0.3 is 14.2 Å². The lowest BCUT2D eigenvalue weighted by Gasteiger charge is -2.34. The molecule has 0 radical (unpaired) electrons. The van der Waals surface area contributed by atoms with Crippen LogP contribution in [0.3, 0.4) is 0 Å². The molecule has 0 atom stereocenters. The van der Waals surface area contributed by atoms with Crippen molar-refractivity contribution in [2.75, 3.05) is 31.1 Å². The zero-order valence-corrected chi connectivity index (χ0v) is 18.2. The first-order chi connectivity index (χ1) is 14.8. The smallest absolute Gasteiger partial charge is 0.236 e. The molecule has 1 aliphatic heterocycles. The SMILES string of the molecule is CC(=O)N1CCN(c2oc(-c3cccc(Cl)c3)nc2S(=O)(=O)c2ccc(F)cc2)CC1. The third-order valence-electron chi connectivity index (χ3n) is 5.04. The molecule has 1 aliphatic rings. The van der Waals surface area contributed by atoms with E-state index < -0.39 is 15.7 Å². The van der Waals surface area contributed by atoms with E-state index in [4.69, 9.17) is 16.0 Å². The van der Waals surface area contributed by atoms with Gasteiger partial charge in [0.1, 0.15) is 5.82 Å². The van der Waals surface area contributed by atoms with E-state index in [9.17, 15) is 17.6 Å². The highest BCUT2D eigenvalue weighted by Crippen LogP contribution is 2.35. The highest BCUT2D eigenvalue weighted by Gasteiger charge is 2.33. The Hall–Kier alpha value is -2.91. The molecular weight excluding hydrogens is 445 g/mol. The number of halogens is 2. The zero-order valence-electron chi connectivity index (χ0n) is 16.6. The molecule has 0 spiro atoms. The van der Waals surface area contributed by atoms with Crippen molar-refractivity contribution in [3.05, 3.63) is 59.4 Å². The van der Waals surface area contributed by atoms with Crippen LogP contribution in [0.5, 0.6) is 0 Å². The largest absolute Gasteiger partial charge is 0.419 e. The fraction of sp³-hybridized carbons (Fsp3) is 0.238. The van der Waals surface area contributed by atoms with Gasteiger partial charge in [-0.25, -0.2) is 12.8 Å². The summed E-state index contributed by atoms with van der Waals surface area (Å²) < 4.78 is 45.9. The summed E-state index contributed by atoms with van der Waals surface area (Å²) in [4.78, 5) is 19.3. The van der Waals surface area contributed by atoms with E-state index in [1.807, 2.05) is 0 Å². The van der Waals surface area contributed by atoms with Crippen molar-refractivity contribution in [3.8, 4) is 11.5 Å². The molecule has 2 aromatic carbocycles. The summed E-state index contributed by atoms with van der Waals surface area (Å²) in [6.07, 6.45) is 0. The standard InChI is InChI=1S/C21H19ClFN3O4S/c1-14(27)25-9-11-26(12-10-25)21-20(31(28,29)18-7-5-17(23)6-8-18)24-19(30-21)15-3-2-4-16(22)13-15/h2-8,13H,9-12H2,1H3. The second-order valence-electron chi connectivity index (χ2n) is 7.09. The highest BCUT2D eigenvalue weighted by atomic mass is 35.5. The molecule has 3 aromatic rings. The molecule has 0 unspecified atom stereocenters. The number of oxazole rings is 1. The van der Waals surface area contributed by atoms with Crippen LogP contribution in [0.15, 0.2) is 62.9 Å². The average Bonchev–Trinajstić information content (AvgIpc) is 3.21. The highest BCUT2D eigenvalue weighted by molar-refractivity contribution is 7.91. The van der Waals surface area contributed by atoms with Crippen LogP contribution in [-0.4, -0.2) is 50.4 Å². The first kappa shape index (κ1) is 21.3. The lowest BCUT2D eigenvalue weighted by molar-refractivity contribution is -0.129. The van der Waals surface area contributed by atoms with E-state index in [2.05, 4.69) is 4.98 Å².